The summed E-state index contributed by atoms with van der Waals surface area (Å²) in [7, 11) is 0. The van der Waals surface area contributed by atoms with Crippen LogP contribution in [0.3, 0.4) is 0 Å². The highest BCUT2D eigenvalue weighted by Crippen LogP contribution is 2.17. The Labute approximate surface area is 69.2 Å². The van der Waals surface area contributed by atoms with Gasteiger partial charge in [-0.05, 0) is 6.42 Å². The maximum Gasteiger partial charge on any atom is 0.358 e. The predicted octanol–water partition coefficient (Wildman–Crippen LogP) is 0.907. The van der Waals surface area contributed by atoms with Crippen LogP contribution < -0.4 is 5.73 Å². The van der Waals surface area contributed by atoms with Crippen molar-refractivity contribution in [1.82, 2.24) is 5.16 Å². The molecule has 0 aliphatic rings. The van der Waals surface area contributed by atoms with Crippen molar-refractivity contribution >= 4 is 11.9 Å². The average Bonchev–Trinajstić information content (AvgIpc) is 2.34. The van der Waals surface area contributed by atoms with Gasteiger partial charge in [-0.1, -0.05) is 18.5 Å². The van der Waals surface area contributed by atoms with Crippen LogP contribution in [0.1, 0.15) is 29.4 Å². The second-order valence-corrected chi connectivity index (χ2v) is 2.43. The van der Waals surface area contributed by atoms with Crippen LogP contribution in [-0.2, 0) is 6.42 Å². The highest BCUT2D eigenvalue weighted by molar-refractivity contribution is 5.88. The van der Waals surface area contributed by atoms with Gasteiger partial charge in [-0.2, -0.15) is 0 Å². The Bertz CT molecular complexity index is 293. The summed E-state index contributed by atoms with van der Waals surface area (Å²) in [6.45, 7) is 1.93. The van der Waals surface area contributed by atoms with Crippen molar-refractivity contribution in [2.45, 2.75) is 19.8 Å². The molecule has 0 spiro atoms. The Morgan fingerprint density at radius 3 is 2.92 bits per heavy atom. The van der Waals surface area contributed by atoms with E-state index in [9.17, 15) is 4.79 Å². The van der Waals surface area contributed by atoms with Gasteiger partial charge in [0.1, 0.15) is 0 Å². The van der Waals surface area contributed by atoms with Gasteiger partial charge in [-0.15, -0.1) is 0 Å². The summed E-state index contributed by atoms with van der Waals surface area (Å²) < 4.78 is 4.56. The molecule has 1 heterocycles. The molecule has 1 rings (SSSR count). The normalized spacial score (nSPS) is 10.1. The molecular formula is C7H10N2O3. The molecule has 3 N–H and O–H groups in total. The van der Waals surface area contributed by atoms with Crippen molar-refractivity contribution in [2.24, 2.45) is 0 Å². The molecule has 0 unspecified atom stereocenters. The number of nitrogens with zero attached hydrogens (tertiary/aromatic N) is 1. The summed E-state index contributed by atoms with van der Waals surface area (Å²) in [5.41, 5.74) is 5.79. The first-order valence-corrected chi connectivity index (χ1v) is 3.64. The Morgan fingerprint density at radius 2 is 2.42 bits per heavy atom. The standard InChI is InChI=1S/C7H10N2O3/c1-2-3-4-5(7(10)11)9-12-6(4)8/h2-3,8H2,1H3,(H,10,11). The second kappa shape index (κ2) is 3.25. The van der Waals surface area contributed by atoms with E-state index in [0.29, 0.717) is 12.0 Å². The Hall–Kier alpha value is -1.52. The van der Waals surface area contributed by atoms with E-state index in [0.717, 1.165) is 6.42 Å². The molecule has 0 aliphatic carbocycles. The summed E-state index contributed by atoms with van der Waals surface area (Å²) in [6, 6.07) is 0. The van der Waals surface area contributed by atoms with Crippen molar-refractivity contribution in [3.05, 3.63) is 11.3 Å². The number of carbonyl (C=O) groups is 1. The zero-order valence-electron chi connectivity index (χ0n) is 6.70. The van der Waals surface area contributed by atoms with Crippen LogP contribution >= 0.6 is 0 Å². The number of rotatable bonds is 3. The fourth-order valence-electron chi connectivity index (χ4n) is 0.981. The van der Waals surface area contributed by atoms with Crippen LogP contribution in [0.5, 0.6) is 0 Å². The Balaban J connectivity index is 3.03. The first kappa shape index (κ1) is 8.58. The van der Waals surface area contributed by atoms with E-state index in [4.69, 9.17) is 10.8 Å². The van der Waals surface area contributed by atoms with Crippen molar-refractivity contribution in [3.8, 4) is 0 Å². The van der Waals surface area contributed by atoms with Gasteiger partial charge in [0.05, 0.1) is 5.56 Å². The maximum atomic E-state index is 10.5. The molecule has 0 atom stereocenters. The Morgan fingerprint density at radius 1 is 1.75 bits per heavy atom. The van der Waals surface area contributed by atoms with Gasteiger partial charge in [0.15, 0.2) is 5.69 Å². The lowest BCUT2D eigenvalue weighted by molar-refractivity contribution is 0.0685. The summed E-state index contributed by atoms with van der Waals surface area (Å²) in [5.74, 6) is -0.992. The van der Waals surface area contributed by atoms with Crippen molar-refractivity contribution in [2.75, 3.05) is 5.73 Å². The minimum Gasteiger partial charge on any atom is -0.476 e. The van der Waals surface area contributed by atoms with E-state index in [1.54, 1.807) is 0 Å². The highest BCUT2D eigenvalue weighted by Gasteiger charge is 2.18. The fourth-order valence-corrected chi connectivity index (χ4v) is 0.981. The molecule has 12 heavy (non-hydrogen) atoms. The van der Waals surface area contributed by atoms with E-state index in [-0.39, 0.29) is 11.6 Å². The molecule has 0 aromatic carbocycles. The lowest BCUT2D eigenvalue weighted by Gasteiger charge is -1.93. The van der Waals surface area contributed by atoms with Crippen LogP contribution in [0, 0.1) is 0 Å². The van der Waals surface area contributed by atoms with Crippen LogP contribution in [0.4, 0.5) is 5.88 Å². The van der Waals surface area contributed by atoms with Gasteiger partial charge in [0, 0.05) is 0 Å². The zero-order valence-corrected chi connectivity index (χ0v) is 6.70. The van der Waals surface area contributed by atoms with Gasteiger partial charge < -0.3 is 15.4 Å². The molecule has 5 nitrogen and oxygen atoms in total. The molecule has 5 heteroatoms. The minimum absolute atomic E-state index is 0.0747. The summed E-state index contributed by atoms with van der Waals surface area (Å²) in [4.78, 5) is 10.5. The molecule has 0 amide bonds. The molecule has 0 radical (unpaired) electrons. The van der Waals surface area contributed by atoms with Crippen LogP contribution in [0.25, 0.3) is 0 Å². The molecule has 0 aliphatic heterocycles. The monoisotopic (exact) mass is 170 g/mol. The molecule has 0 saturated heterocycles. The number of aromatic carboxylic acids is 1. The number of anilines is 1. The zero-order chi connectivity index (χ0) is 9.14. The fraction of sp³-hybridized carbons (Fsp3) is 0.429. The third-order valence-corrected chi connectivity index (χ3v) is 1.52. The number of hydrogen-bond acceptors (Lipinski definition) is 4. The van der Waals surface area contributed by atoms with E-state index in [1.807, 2.05) is 6.92 Å². The first-order chi connectivity index (χ1) is 5.66. The smallest absolute Gasteiger partial charge is 0.358 e. The topological polar surface area (TPSA) is 89.3 Å². The SMILES string of the molecule is CCCc1c(C(=O)O)noc1N. The quantitative estimate of drug-likeness (QED) is 0.703. The average molecular weight is 170 g/mol. The molecule has 0 fully saturated rings. The van der Waals surface area contributed by atoms with E-state index < -0.39 is 5.97 Å². The molecule has 1 aromatic heterocycles. The largest absolute Gasteiger partial charge is 0.476 e. The first-order valence-electron chi connectivity index (χ1n) is 3.64. The number of hydrogen-bond donors (Lipinski definition) is 2. The third-order valence-electron chi connectivity index (χ3n) is 1.52. The Kier molecular flexibility index (Phi) is 2.32. The number of carboxylic acid groups (broad SMARTS) is 1. The van der Waals surface area contributed by atoms with Gasteiger partial charge in [0.2, 0.25) is 5.88 Å². The second-order valence-electron chi connectivity index (χ2n) is 2.43. The molecule has 0 bridgehead atoms. The van der Waals surface area contributed by atoms with Crippen LogP contribution in [0.15, 0.2) is 4.52 Å². The van der Waals surface area contributed by atoms with Crippen LogP contribution in [0.2, 0.25) is 0 Å². The van der Waals surface area contributed by atoms with E-state index >= 15 is 0 Å². The number of nitrogens with two attached hydrogens (primary N) is 1. The lowest BCUT2D eigenvalue weighted by Crippen LogP contribution is -2.02. The highest BCUT2D eigenvalue weighted by atomic mass is 16.5. The third kappa shape index (κ3) is 1.39. The maximum absolute atomic E-state index is 10.5. The summed E-state index contributed by atoms with van der Waals surface area (Å²) >= 11 is 0. The van der Waals surface area contributed by atoms with E-state index in [2.05, 4.69) is 9.68 Å². The van der Waals surface area contributed by atoms with Crippen molar-refractivity contribution in [3.63, 3.8) is 0 Å². The number of nitrogen functional groups attached to an aromatic ring is 1. The van der Waals surface area contributed by atoms with E-state index in [1.165, 1.54) is 0 Å². The van der Waals surface area contributed by atoms with Gasteiger partial charge in [-0.25, -0.2) is 4.79 Å². The lowest BCUT2D eigenvalue weighted by atomic mass is 10.1. The molecule has 66 valence electrons. The summed E-state index contributed by atoms with van der Waals surface area (Å²) in [5, 5.41) is 12.0. The number of aromatic nitrogens is 1. The number of carboxylic acids is 1. The molecular weight excluding hydrogens is 160 g/mol. The predicted molar refractivity (Wildman–Crippen MR) is 41.9 cm³/mol. The summed E-state index contributed by atoms with van der Waals surface area (Å²) in [6.07, 6.45) is 1.39. The minimum atomic E-state index is -1.10. The van der Waals surface area contributed by atoms with Gasteiger partial charge >= 0.3 is 5.97 Å². The molecule has 0 saturated carbocycles. The van der Waals surface area contributed by atoms with Gasteiger partial charge in [0.25, 0.3) is 0 Å². The van der Waals surface area contributed by atoms with Crippen molar-refractivity contribution in [1.29, 1.82) is 0 Å². The molecule has 1 aromatic rings. The van der Waals surface area contributed by atoms with Crippen LogP contribution in [-0.4, -0.2) is 16.2 Å². The van der Waals surface area contributed by atoms with Crippen molar-refractivity contribution < 1.29 is 14.4 Å². The van der Waals surface area contributed by atoms with Gasteiger partial charge in [-0.3, -0.25) is 0 Å².